The Balaban J connectivity index is 1.64. The minimum absolute atomic E-state index is 0.00885. The Kier molecular flexibility index (Phi) is 5.25. The van der Waals surface area contributed by atoms with Gasteiger partial charge < -0.3 is 24.8 Å². The van der Waals surface area contributed by atoms with Gasteiger partial charge in [0.1, 0.15) is 0 Å². The summed E-state index contributed by atoms with van der Waals surface area (Å²) in [4.78, 5) is 37.6. The van der Waals surface area contributed by atoms with Crippen LogP contribution in [0.4, 0.5) is 0 Å². The van der Waals surface area contributed by atoms with Crippen LogP contribution in [0.1, 0.15) is 24.8 Å². The number of benzene rings is 1. The predicted molar refractivity (Wildman–Crippen MR) is 95.7 cm³/mol. The summed E-state index contributed by atoms with van der Waals surface area (Å²) in [7, 11) is 3.10. The summed E-state index contributed by atoms with van der Waals surface area (Å²) >= 11 is 0. The third kappa shape index (κ3) is 3.70. The Morgan fingerprint density at radius 2 is 1.89 bits per heavy atom. The Labute approximate surface area is 157 Å². The number of nitrogens with zero attached hydrogens (tertiary/aromatic N) is 1. The van der Waals surface area contributed by atoms with Crippen molar-refractivity contribution in [3.05, 3.63) is 23.8 Å². The highest BCUT2D eigenvalue weighted by Crippen LogP contribution is 2.37. The lowest BCUT2D eigenvalue weighted by Gasteiger charge is -2.41. The molecule has 1 aromatic rings. The van der Waals surface area contributed by atoms with Crippen molar-refractivity contribution in [2.45, 2.75) is 31.2 Å². The average molecular weight is 376 g/mol. The van der Waals surface area contributed by atoms with Gasteiger partial charge in [-0.15, -0.1) is 0 Å². The molecule has 2 N–H and O–H groups in total. The van der Waals surface area contributed by atoms with Crippen LogP contribution < -0.4 is 14.8 Å². The molecule has 2 aliphatic rings. The maximum absolute atomic E-state index is 12.7. The minimum Gasteiger partial charge on any atom is -0.493 e. The van der Waals surface area contributed by atoms with E-state index in [0.29, 0.717) is 37.4 Å². The van der Waals surface area contributed by atoms with Crippen LogP contribution in [0.3, 0.4) is 0 Å². The molecule has 0 radical (unpaired) electrons. The van der Waals surface area contributed by atoms with E-state index in [2.05, 4.69) is 5.32 Å². The number of ether oxygens (including phenoxy) is 2. The highest BCUT2D eigenvalue weighted by atomic mass is 16.5. The first-order valence-electron chi connectivity index (χ1n) is 8.91. The topological polar surface area (TPSA) is 105 Å². The average Bonchev–Trinajstić information content (AvgIpc) is 2.98. The van der Waals surface area contributed by atoms with Crippen molar-refractivity contribution < 1.29 is 29.0 Å². The number of amides is 2. The zero-order valence-corrected chi connectivity index (χ0v) is 15.5. The number of rotatable bonds is 5. The molecule has 146 valence electrons. The Morgan fingerprint density at radius 1 is 1.22 bits per heavy atom. The SMILES string of the molecule is COc1ccc(CC(=O)N2CCC3(CC2)NC(=O)C[C@H]3C(=O)O)cc1OC. The van der Waals surface area contributed by atoms with Gasteiger partial charge in [0.05, 0.1) is 32.1 Å². The smallest absolute Gasteiger partial charge is 0.309 e. The van der Waals surface area contributed by atoms with Crippen LogP contribution in [0.15, 0.2) is 18.2 Å². The van der Waals surface area contributed by atoms with Crippen molar-refractivity contribution in [2.24, 2.45) is 5.92 Å². The minimum atomic E-state index is -0.960. The van der Waals surface area contributed by atoms with Crippen molar-refractivity contribution >= 4 is 17.8 Å². The fourth-order valence-electron chi connectivity index (χ4n) is 4.03. The summed E-state index contributed by atoms with van der Waals surface area (Å²) in [6.45, 7) is 0.854. The summed E-state index contributed by atoms with van der Waals surface area (Å²) < 4.78 is 10.5. The molecule has 8 heteroatoms. The second-order valence-corrected chi connectivity index (χ2v) is 7.05. The zero-order chi connectivity index (χ0) is 19.6. The first-order valence-corrected chi connectivity index (χ1v) is 8.91. The Bertz CT molecular complexity index is 755. The van der Waals surface area contributed by atoms with E-state index in [1.54, 1.807) is 31.3 Å². The summed E-state index contributed by atoms with van der Waals surface area (Å²) in [5.74, 6) is -0.781. The van der Waals surface area contributed by atoms with E-state index in [1.807, 2.05) is 6.07 Å². The van der Waals surface area contributed by atoms with Crippen LogP contribution in [0.2, 0.25) is 0 Å². The highest BCUT2D eigenvalue weighted by Gasteiger charge is 2.51. The van der Waals surface area contributed by atoms with Gasteiger partial charge in [0, 0.05) is 19.5 Å². The maximum Gasteiger partial charge on any atom is 0.309 e. The van der Waals surface area contributed by atoms with Crippen molar-refractivity contribution in [1.29, 1.82) is 0 Å². The Hall–Kier alpha value is -2.77. The molecule has 0 bridgehead atoms. The van der Waals surface area contributed by atoms with Crippen molar-refractivity contribution in [2.75, 3.05) is 27.3 Å². The van der Waals surface area contributed by atoms with Crippen LogP contribution in [0.5, 0.6) is 11.5 Å². The molecule has 8 nitrogen and oxygen atoms in total. The molecule has 2 amide bonds. The molecule has 2 heterocycles. The molecular formula is C19H24N2O6. The normalized spacial score (nSPS) is 21.0. The van der Waals surface area contributed by atoms with Gasteiger partial charge >= 0.3 is 5.97 Å². The number of aliphatic carboxylic acids is 1. The molecule has 0 saturated carbocycles. The van der Waals surface area contributed by atoms with Gasteiger partial charge in [0.2, 0.25) is 11.8 Å². The number of hydrogen-bond acceptors (Lipinski definition) is 5. The lowest BCUT2D eigenvalue weighted by atomic mass is 9.77. The predicted octanol–water partition coefficient (Wildman–Crippen LogP) is 0.828. The van der Waals surface area contributed by atoms with Crippen LogP contribution in [-0.4, -0.2) is 60.6 Å². The number of nitrogens with one attached hydrogen (secondary N) is 1. The van der Waals surface area contributed by atoms with E-state index in [0.717, 1.165) is 5.56 Å². The number of carboxylic acid groups (broad SMARTS) is 1. The van der Waals surface area contributed by atoms with Gasteiger partial charge in [-0.2, -0.15) is 0 Å². The van der Waals surface area contributed by atoms with Gasteiger partial charge in [0.15, 0.2) is 11.5 Å². The monoisotopic (exact) mass is 376 g/mol. The molecule has 0 aliphatic carbocycles. The lowest BCUT2D eigenvalue weighted by Crippen LogP contribution is -2.56. The third-order valence-electron chi connectivity index (χ3n) is 5.55. The second kappa shape index (κ2) is 7.46. The summed E-state index contributed by atoms with van der Waals surface area (Å²) in [5.41, 5.74) is 0.0822. The van der Waals surface area contributed by atoms with E-state index >= 15 is 0 Å². The molecule has 1 aromatic carbocycles. The summed E-state index contributed by atoms with van der Waals surface area (Å²) in [6.07, 6.45) is 1.14. The van der Waals surface area contributed by atoms with E-state index in [1.165, 1.54) is 0 Å². The van der Waals surface area contributed by atoms with E-state index < -0.39 is 17.4 Å². The van der Waals surface area contributed by atoms with Crippen molar-refractivity contribution in [3.63, 3.8) is 0 Å². The summed E-state index contributed by atoms with van der Waals surface area (Å²) in [6, 6.07) is 5.36. The molecule has 2 saturated heterocycles. The van der Waals surface area contributed by atoms with Gasteiger partial charge in [0.25, 0.3) is 0 Å². The largest absolute Gasteiger partial charge is 0.493 e. The standard InChI is InChI=1S/C19H24N2O6/c1-26-14-4-3-12(9-15(14)27-2)10-17(23)21-7-5-19(6-8-21)13(18(24)25)11-16(22)20-19/h3-4,9,13H,5-8,10-11H2,1-2H3,(H,20,22)(H,24,25)/t13-/m0/s1. The van der Waals surface area contributed by atoms with E-state index in [-0.39, 0.29) is 24.7 Å². The molecule has 2 fully saturated rings. The Morgan fingerprint density at radius 3 is 2.48 bits per heavy atom. The lowest BCUT2D eigenvalue weighted by molar-refractivity contribution is -0.145. The molecule has 1 atom stereocenters. The number of hydrogen-bond donors (Lipinski definition) is 2. The molecule has 3 rings (SSSR count). The number of methoxy groups -OCH3 is 2. The third-order valence-corrected chi connectivity index (χ3v) is 5.55. The number of piperidine rings is 1. The maximum atomic E-state index is 12.7. The molecule has 0 aromatic heterocycles. The first-order chi connectivity index (χ1) is 12.9. The number of likely N-dealkylation sites (tertiary alicyclic amines) is 1. The van der Waals surface area contributed by atoms with Crippen LogP contribution >= 0.6 is 0 Å². The molecule has 2 aliphatic heterocycles. The zero-order valence-electron chi connectivity index (χ0n) is 15.5. The van der Waals surface area contributed by atoms with E-state index in [9.17, 15) is 19.5 Å². The number of carboxylic acids is 1. The fourth-order valence-corrected chi connectivity index (χ4v) is 4.03. The van der Waals surface area contributed by atoms with Crippen LogP contribution in [0.25, 0.3) is 0 Å². The van der Waals surface area contributed by atoms with Gasteiger partial charge in [-0.05, 0) is 30.5 Å². The molecule has 0 unspecified atom stereocenters. The quantitative estimate of drug-likeness (QED) is 0.789. The van der Waals surface area contributed by atoms with Crippen molar-refractivity contribution in [3.8, 4) is 11.5 Å². The van der Waals surface area contributed by atoms with Gasteiger partial charge in [-0.3, -0.25) is 14.4 Å². The number of carbonyl (C=O) groups is 3. The van der Waals surface area contributed by atoms with E-state index in [4.69, 9.17) is 9.47 Å². The fraction of sp³-hybridized carbons (Fsp3) is 0.526. The first kappa shape index (κ1) is 19.0. The molecular weight excluding hydrogens is 352 g/mol. The molecule has 27 heavy (non-hydrogen) atoms. The molecule has 1 spiro atoms. The van der Waals surface area contributed by atoms with Gasteiger partial charge in [-0.25, -0.2) is 0 Å². The van der Waals surface area contributed by atoms with Crippen LogP contribution in [0, 0.1) is 5.92 Å². The van der Waals surface area contributed by atoms with Crippen LogP contribution in [-0.2, 0) is 20.8 Å². The number of carbonyl (C=O) groups excluding carboxylic acids is 2. The van der Waals surface area contributed by atoms with Gasteiger partial charge in [-0.1, -0.05) is 6.07 Å². The highest BCUT2D eigenvalue weighted by molar-refractivity contribution is 5.88. The summed E-state index contributed by atoms with van der Waals surface area (Å²) in [5, 5.41) is 12.3. The second-order valence-electron chi connectivity index (χ2n) is 7.05. The van der Waals surface area contributed by atoms with Crippen molar-refractivity contribution in [1.82, 2.24) is 10.2 Å².